The summed E-state index contributed by atoms with van der Waals surface area (Å²) in [6.07, 6.45) is 2.69. The predicted molar refractivity (Wildman–Crippen MR) is 71.3 cm³/mol. The van der Waals surface area contributed by atoms with Crippen LogP contribution in [0.5, 0.6) is 0 Å². The molecule has 1 aliphatic heterocycles. The molecule has 2 N–H and O–H groups in total. The van der Waals surface area contributed by atoms with Crippen molar-refractivity contribution in [1.29, 1.82) is 0 Å². The summed E-state index contributed by atoms with van der Waals surface area (Å²) in [4.78, 5) is 11.6. The van der Waals surface area contributed by atoms with Crippen molar-refractivity contribution in [3.63, 3.8) is 0 Å². The van der Waals surface area contributed by atoms with Crippen LogP contribution in [0.15, 0.2) is 35.5 Å². The Morgan fingerprint density at radius 1 is 1.21 bits per heavy atom. The Balaban J connectivity index is 2.36. The summed E-state index contributed by atoms with van der Waals surface area (Å²) in [6, 6.07) is 0. The Kier molecular flexibility index (Phi) is 3.92. The number of carbonyl (C=O) groups excluding carboxylic acids is 1. The van der Waals surface area contributed by atoms with Crippen molar-refractivity contribution >= 4 is 5.97 Å². The van der Waals surface area contributed by atoms with E-state index in [2.05, 4.69) is 6.58 Å². The number of hydrogen-bond acceptors (Lipinski definition) is 4. The minimum Gasteiger partial charge on any atom is -0.454 e. The summed E-state index contributed by atoms with van der Waals surface area (Å²) < 4.78 is 5.24. The molecule has 4 atom stereocenters. The average Bonchev–Trinajstić information content (AvgIpc) is 2.52. The van der Waals surface area contributed by atoms with E-state index in [1.54, 1.807) is 6.08 Å². The molecule has 1 fully saturated rings. The summed E-state index contributed by atoms with van der Waals surface area (Å²) >= 11 is 0. The van der Waals surface area contributed by atoms with Gasteiger partial charge in [0.05, 0.1) is 18.1 Å². The molecule has 2 rings (SSSR count). The predicted octanol–water partition coefficient (Wildman–Crippen LogP) is 1.49. The van der Waals surface area contributed by atoms with E-state index in [9.17, 15) is 15.0 Å². The maximum atomic E-state index is 11.6. The first-order chi connectivity index (χ1) is 8.88. The van der Waals surface area contributed by atoms with Crippen molar-refractivity contribution < 1.29 is 19.7 Å². The molecule has 0 aromatic carbocycles. The molecule has 0 spiro atoms. The van der Waals surface area contributed by atoms with Gasteiger partial charge in [0.1, 0.15) is 6.10 Å². The first kappa shape index (κ1) is 14.0. The van der Waals surface area contributed by atoms with Crippen molar-refractivity contribution in [2.24, 2.45) is 5.92 Å². The van der Waals surface area contributed by atoms with Gasteiger partial charge < -0.3 is 14.9 Å². The zero-order valence-corrected chi connectivity index (χ0v) is 11.3. The lowest BCUT2D eigenvalue weighted by Gasteiger charge is -2.23. The Morgan fingerprint density at radius 2 is 1.84 bits per heavy atom. The van der Waals surface area contributed by atoms with Gasteiger partial charge >= 0.3 is 5.97 Å². The molecule has 2 aliphatic rings. The van der Waals surface area contributed by atoms with Crippen LogP contribution in [0.1, 0.15) is 26.7 Å². The number of aliphatic hydroxyl groups is 2. The van der Waals surface area contributed by atoms with Gasteiger partial charge in [0.15, 0.2) is 0 Å². The van der Waals surface area contributed by atoms with E-state index < -0.39 is 30.2 Å². The van der Waals surface area contributed by atoms with Gasteiger partial charge in [-0.1, -0.05) is 23.8 Å². The highest BCUT2D eigenvalue weighted by atomic mass is 16.6. The van der Waals surface area contributed by atoms with Crippen LogP contribution in [0.3, 0.4) is 0 Å². The first-order valence-electron chi connectivity index (χ1n) is 6.49. The van der Waals surface area contributed by atoms with Gasteiger partial charge in [-0.25, -0.2) is 4.79 Å². The van der Waals surface area contributed by atoms with Crippen LogP contribution in [0, 0.1) is 5.92 Å². The number of ether oxygens (including phenoxy) is 1. The molecule has 4 heteroatoms. The molecule has 1 aliphatic carbocycles. The Bertz CT molecular complexity index is 461. The fourth-order valence-electron chi connectivity index (χ4n) is 2.79. The second kappa shape index (κ2) is 5.31. The van der Waals surface area contributed by atoms with Gasteiger partial charge in [-0.05, 0) is 32.8 Å². The minimum atomic E-state index is -0.727. The SMILES string of the molecule is C=C1C(=O)O[C@@H]2/C=C(\C)C[C@H](O)/C=C(/C)C[C@H](O)[C@H]12. The molecular weight excluding hydrogens is 244 g/mol. The van der Waals surface area contributed by atoms with Crippen molar-refractivity contribution in [3.05, 3.63) is 35.5 Å². The van der Waals surface area contributed by atoms with Gasteiger partial charge in [0.2, 0.25) is 0 Å². The smallest absolute Gasteiger partial charge is 0.334 e. The lowest BCUT2D eigenvalue weighted by molar-refractivity contribution is -0.137. The molecule has 0 aromatic rings. The van der Waals surface area contributed by atoms with Crippen LogP contribution in [0.2, 0.25) is 0 Å². The molecule has 4 nitrogen and oxygen atoms in total. The standard InChI is InChI=1S/C15H20O4/c1-8-4-11(16)5-9(2)7-13-14(12(17)6-8)10(3)15(18)19-13/h4,7,11-14,16-17H,3,5-6H2,1-2H3/b8-4-,9-7+/t11-,12+,13-,14+/m1/s1. The zero-order chi connectivity index (χ0) is 14.2. The quantitative estimate of drug-likeness (QED) is 0.395. The summed E-state index contributed by atoms with van der Waals surface area (Å²) in [5.74, 6) is -0.847. The number of fused-ring (bicyclic) bond motifs is 1. The maximum Gasteiger partial charge on any atom is 0.334 e. The highest BCUT2D eigenvalue weighted by Crippen LogP contribution is 2.34. The van der Waals surface area contributed by atoms with Crippen LogP contribution in [0.4, 0.5) is 0 Å². The highest BCUT2D eigenvalue weighted by molar-refractivity contribution is 5.91. The van der Waals surface area contributed by atoms with Gasteiger partial charge in [0, 0.05) is 5.57 Å². The third-order valence-electron chi connectivity index (χ3n) is 3.66. The van der Waals surface area contributed by atoms with Crippen molar-refractivity contribution in [2.75, 3.05) is 0 Å². The fourth-order valence-corrected chi connectivity index (χ4v) is 2.79. The largest absolute Gasteiger partial charge is 0.454 e. The van der Waals surface area contributed by atoms with E-state index in [4.69, 9.17) is 4.74 Å². The Hall–Kier alpha value is -1.39. The highest BCUT2D eigenvalue weighted by Gasteiger charge is 2.42. The summed E-state index contributed by atoms with van der Waals surface area (Å²) in [5, 5.41) is 20.2. The van der Waals surface area contributed by atoms with E-state index in [1.165, 1.54) is 0 Å². The molecule has 0 saturated carbocycles. The lowest BCUT2D eigenvalue weighted by Crippen LogP contribution is -2.29. The van der Waals surface area contributed by atoms with E-state index in [1.807, 2.05) is 19.9 Å². The molecule has 1 saturated heterocycles. The van der Waals surface area contributed by atoms with Crippen molar-refractivity contribution in [3.8, 4) is 0 Å². The normalized spacial score (nSPS) is 41.7. The molecule has 104 valence electrons. The summed E-state index contributed by atoms with van der Waals surface area (Å²) in [6.45, 7) is 7.47. The lowest BCUT2D eigenvalue weighted by atomic mass is 9.85. The van der Waals surface area contributed by atoms with Crippen LogP contribution < -0.4 is 0 Å². The maximum absolute atomic E-state index is 11.6. The van der Waals surface area contributed by atoms with Crippen LogP contribution in [-0.4, -0.2) is 34.5 Å². The molecule has 0 radical (unpaired) electrons. The molecule has 19 heavy (non-hydrogen) atoms. The minimum absolute atomic E-state index is 0.329. The van der Waals surface area contributed by atoms with Crippen LogP contribution in [0.25, 0.3) is 0 Å². The molecule has 0 unspecified atom stereocenters. The Labute approximate surface area is 113 Å². The second-order valence-corrected chi connectivity index (χ2v) is 5.49. The van der Waals surface area contributed by atoms with Crippen LogP contribution in [-0.2, 0) is 9.53 Å². The number of hydrogen-bond donors (Lipinski definition) is 2. The Morgan fingerprint density at radius 3 is 2.53 bits per heavy atom. The van der Waals surface area contributed by atoms with Gasteiger partial charge in [-0.3, -0.25) is 0 Å². The zero-order valence-electron chi connectivity index (χ0n) is 11.3. The van der Waals surface area contributed by atoms with Gasteiger partial charge in [-0.15, -0.1) is 0 Å². The topological polar surface area (TPSA) is 66.8 Å². The van der Waals surface area contributed by atoms with Gasteiger partial charge in [0.25, 0.3) is 0 Å². The van der Waals surface area contributed by atoms with E-state index in [0.29, 0.717) is 18.4 Å². The van der Waals surface area contributed by atoms with E-state index in [0.717, 1.165) is 11.1 Å². The first-order valence-corrected chi connectivity index (χ1v) is 6.49. The third-order valence-corrected chi connectivity index (χ3v) is 3.66. The fraction of sp³-hybridized carbons (Fsp3) is 0.533. The second-order valence-electron chi connectivity index (χ2n) is 5.49. The average molecular weight is 264 g/mol. The van der Waals surface area contributed by atoms with Crippen LogP contribution >= 0.6 is 0 Å². The summed E-state index contributed by atoms with van der Waals surface area (Å²) in [7, 11) is 0. The monoisotopic (exact) mass is 264 g/mol. The van der Waals surface area contributed by atoms with E-state index >= 15 is 0 Å². The van der Waals surface area contributed by atoms with Crippen molar-refractivity contribution in [2.45, 2.75) is 45.0 Å². The number of esters is 1. The molecule has 0 bridgehead atoms. The molecule has 0 amide bonds. The molecule has 1 heterocycles. The third kappa shape index (κ3) is 2.96. The summed E-state index contributed by atoms with van der Waals surface area (Å²) in [5.41, 5.74) is 2.17. The number of aliphatic hydroxyl groups excluding tert-OH is 2. The molecule has 0 aromatic heterocycles. The van der Waals surface area contributed by atoms with Gasteiger partial charge in [-0.2, -0.15) is 0 Å². The number of carbonyl (C=O) groups is 1. The van der Waals surface area contributed by atoms with Crippen molar-refractivity contribution in [1.82, 2.24) is 0 Å². The van der Waals surface area contributed by atoms with E-state index in [-0.39, 0.29) is 0 Å². The molecular formula is C15H20O4. The number of rotatable bonds is 0.